The van der Waals surface area contributed by atoms with Gasteiger partial charge in [-0.1, -0.05) is 32.1 Å². The third-order valence-corrected chi connectivity index (χ3v) is 3.91. The van der Waals surface area contributed by atoms with Crippen molar-refractivity contribution in [2.45, 2.75) is 26.8 Å². The second-order valence-corrected chi connectivity index (χ2v) is 5.59. The third kappa shape index (κ3) is 1.92. The van der Waals surface area contributed by atoms with Crippen LogP contribution in [0.4, 0.5) is 0 Å². The van der Waals surface area contributed by atoms with Crippen LogP contribution >= 0.6 is 0 Å². The fourth-order valence-electron chi connectivity index (χ4n) is 2.80. The van der Waals surface area contributed by atoms with Gasteiger partial charge in [0.25, 0.3) is 5.91 Å². The molecule has 0 bridgehead atoms. The summed E-state index contributed by atoms with van der Waals surface area (Å²) in [5, 5.41) is 0. The highest BCUT2D eigenvalue weighted by Crippen LogP contribution is 2.22. The Balaban J connectivity index is 1.99. The van der Waals surface area contributed by atoms with Gasteiger partial charge in [0.2, 0.25) is 0 Å². The Morgan fingerprint density at radius 1 is 1.40 bits per heavy atom. The molecule has 1 unspecified atom stereocenters. The average Bonchev–Trinajstić information content (AvgIpc) is 3.04. The fraction of sp³-hybridized carbons (Fsp3) is 0.375. The molecule has 0 spiro atoms. The molecule has 3 heterocycles. The van der Waals surface area contributed by atoms with Gasteiger partial charge in [0.05, 0.1) is 11.7 Å². The lowest BCUT2D eigenvalue weighted by Gasteiger charge is -2.27. The molecule has 1 aliphatic rings. The van der Waals surface area contributed by atoms with Crippen molar-refractivity contribution < 1.29 is 4.79 Å². The van der Waals surface area contributed by atoms with Crippen molar-refractivity contribution in [2.24, 2.45) is 5.92 Å². The van der Waals surface area contributed by atoms with Crippen molar-refractivity contribution in [3.05, 3.63) is 47.9 Å². The summed E-state index contributed by atoms with van der Waals surface area (Å²) in [6.45, 7) is 6.89. The first kappa shape index (κ1) is 12.9. The molecular formula is C16H19N3O. The molecule has 104 valence electrons. The first-order valence-electron chi connectivity index (χ1n) is 7.01. The van der Waals surface area contributed by atoms with Gasteiger partial charge in [0.15, 0.2) is 0 Å². The number of fused-ring (bicyclic) bond motifs is 1. The lowest BCUT2D eigenvalue weighted by atomic mass is 10.0. The summed E-state index contributed by atoms with van der Waals surface area (Å²) >= 11 is 0. The summed E-state index contributed by atoms with van der Waals surface area (Å²) in [6, 6.07) is 5.98. The number of carbonyl (C=O) groups is 1. The van der Waals surface area contributed by atoms with Gasteiger partial charge in [0.1, 0.15) is 11.3 Å². The van der Waals surface area contributed by atoms with E-state index in [9.17, 15) is 4.79 Å². The molecule has 4 heteroatoms. The SMILES string of the molecule is Cc1c(C(=O)N2CC=CC2C(C)C)nc2ccccn12. The zero-order chi connectivity index (χ0) is 14.3. The van der Waals surface area contributed by atoms with Crippen molar-refractivity contribution in [1.82, 2.24) is 14.3 Å². The van der Waals surface area contributed by atoms with E-state index in [1.807, 2.05) is 40.6 Å². The number of amides is 1. The monoisotopic (exact) mass is 269 g/mol. The standard InChI is InChI=1S/C16H19N3O/c1-11(2)13-7-6-10-19(13)16(20)15-12(3)18-9-5-4-8-14(18)17-15/h4-9,11,13H,10H2,1-3H3. The summed E-state index contributed by atoms with van der Waals surface area (Å²) < 4.78 is 1.96. The van der Waals surface area contributed by atoms with Crippen molar-refractivity contribution in [1.29, 1.82) is 0 Å². The quantitative estimate of drug-likeness (QED) is 0.786. The Morgan fingerprint density at radius 2 is 2.20 bits per heavy atom. The number of carbonyl (C=O) groups excluding carboxylic acids is 1. The molecule has 4 nitrogen and oxygen atoms in total. The van der Waals surface area contributed by atoms with Gasteiger partial charge in [-0.05, 0) is 25.0 Å². The molecule has 0 aliphatic carbocycles. The maximum Gasteiger partial charge on any atom is 0.275 e. The molecule has 3 rings (SSSR count). The van der Waals surface area contributed by atoms with Crippen LogP contribution in [0.2, 0.25) is 0 Å². The Labute approximate surface area is 118 Å². The minimum absolute atomic E-state index is 0.0231. The number of rotatable bonds is 2. The molecule has 2 aromatic heterocycles. The lowest BCUT2D eigenvalue weighted by Crippen LogP contribution is -2.39. The Hall–Kier alpha value is -2.10. The smallest absolute Gasteiger partial charge is 0.275 e. The molecule has 1 amide bonds. The van der Waals surface area contributed by atoms with Crippen molar-refractivity contribution in [2.75, 3.05) is 6.54 Å². The van der Waals surface area contributed by atoms with Crippen molar-refractivity contribution >= 4 is 11.6 Å². The molecule has 0 aromatic carbocycles. The van der Waals surface area contributed by atoms with Crippen LogP contribution in [0.25, 0.3) is 5.65 Å². The van der Waals surface area contributed by atoms with Crippen molar-refractivity contribution in [3.63, 3.8) is 0 Å². The summed E-state index contributed by atoms with van der Waals surface area (Å²) in [6.07, 6.45) is 6.12. The van der Waals surface area contributed by atoms with Crippen LogP contribution in [-0.4, -0.2) is 32.8 Å². The van der Waals surface area contributed by atoms with Crippen molar-refractivity contribution in [3.8, 4) is 0 Å². The molecule has 1 aliphatic heterocycles. The minimum atomic E-state index is 0.0231. The van der Waals surface area contributed by atoms with E-state index in [0.29, 0.717) is 18.2 Å². The van der Waals surface area contributed by atoms with E-state index in [1.54, 1.807) is 0 Å². The van der Waals surface area contributed by atoms with E-state index < -0.39 is 0 Å². The normalized spacial score (nSPS) is 18.4. The van der Waals surface area contributed by atoms with Gasteiger partial charge in [0, 0.05) is 12.7 Å². The van der Waals surface area contributed by atoms with Gasteiger partial charge in [-0.25, -0.2) is 4.98 Å². The second-order valence-electron chi connectivity index (χ2n) is 5.59. The number of hydrogen-bond donors (Lipinski definition) is 0. The van der Waals surface area contributed by atoms with Crippen LogP contribution in [0, 0.1) is 12.8 Å². The maximum absolute atomic E-state index is 12.8. The highest BCUT2D eigenvalue weighted by molar-refractivity contribution is 5.95. The molecule has 1 atom stereocenters. The largest absolute Gasteiger partial charge is 0.327 e. The number of nitrogens with zero attached hydrogens (tertiary/aromatic N) is 3. The predicted molar refractivity (Wildman–Crippen MR) is 78.7 cm³/mol. The number of hydrogen-bond acceptors (Lipinski definition) is 2. The van der Waals surface area contributed by atoms with Crippen LogP contribution in [0.3, 0.4) is 0 Å². The molecule has 0 N–H and O–H groups in total. The molecule has 0 saturated heterocycles. The van der Waals surface area contributed by atoms with E-state index in [2.05, 4.69) is 31.0 Å². The Kier molecular flexibility index (Phi) is 3.08. The zero-order valence-electron chi connectivity index (χ0n) is 12.1. The number of aryl methyl sites for hydroxylation is 1. The zero-order valence-corrected chi connectivity index (χ0v) is 12.1. The third-order valence-electron chi connectivity index (χ3n) is 3.91. The van der Waals surface area contributed by atoms with Gasteiger partial charge in [-0.2, -0.15) is 0 Å². The van der Waals surface area contributed by atoms with Crippen LogP contribution < -0.4 is 0 Å². The van der Waals surface area contributed by atoms with Gasteiger partial charge in [-0.15, -0.1) is 0 Å². The highest BCUT2D eigenvalue weighted by atomic mass is 16.2. The number of aromatic nitrogens is 2. The van der Waals surface area contributed by atoms with Crippen LogP contribution in [0.5, 0.6) is 0 Å². The molecule has 0 radical (unpaired) electrons. The summed E-state index contributed by atoms with van der Waals surface area (Å²) in [4.78, 5) is 19.2. The van der Waals surface area contributed by atoms with Crippen LogP contribution in [0.1, 0.15) is 30.0 Å². The van der Waals surface area contributed by atoms with Gasteiger partial charge in [-0.3, -0.25) is 4.79 Å². The first-order chi connectivity index (χ1) is 9.59. The Morgan fingerprint density at radius 3 is 2.90 bits per heavy atom. The van der Waals surface area contributed by atoms with E-state index in [-0.39, 0.29) is 11.9 Å². The fourth-order valence-corrected chi connectivity index (χ4v) is 2.80. The molecule has 2 aromatic rings. The second kappa shape index (κ2) is 4.78. The number of imidazole rings is 1. The molecule has 20 heavy (non-hydrogen) atoms. The highest BCUT2D eigenvalue weighted by Gasteiger charge is 2.30. The molecule has 0 saturated carbocycles. The maximum atomic E-state index is 12.8. The lowest BCUT2D eigenvalue weighted by molar-refractivity contribution is 0.0714. The summed E-state index contributed by atoms with van der Waals surface area (Å²) in [5.41, 5.74) is 2.28. The van der Waals surface area contributed by atoms with Gasteiger partial charge < -0.3 is 9.30 Å². The van der Waals surface area contributed by atoms with E-state index >= 15 is 0 Å². The van der Waals surface area contributed by atoms with E-state index in [1.165, 1.54) is 0 Å². The van der Waals surface area contributed by atoms with Gasteiger partial charge >= 0.3 is 0 Å². The average molecular weight is 269 g/mol. The number of pyridine rings is 1. The predicted octanol–water partition coefficient (Wildman–Crippen LogP) is 2.68. The van der Waals surface area contributed by atoms with E-state index in [0.717, 1.165) is 11.3 Å². The summed E-state index contributed by atoms with van der Waals surface area (Å²) in [7, 11) is 0. The molecular weight excluding hydrogens is 250 g/mol. The van der Waals surface area contributed by atoms with Crippen LogP contribution in [-0.2, 0) is 0 Å². The Bertz CT molecular complexity index is 684. The van der Waals surface area contributed by atoms with Crippen LogP contribution in [0.15, 0.2) is 36.5 Å². The minimum Gasteiger partial charge on any atom is -0.327 e. The van der Waals surface area contributed by atoms with E-state index in [4.69, 9.17) is 0 Å². The topological polar surface area (TPSA) is 37.6 Å². The summed E-state index contributed by atoms with van der Waals surface area (Å²) in [5.74, 6) is 0.435. The molecule has 0 fully saturated rings. The first-order valence-corrected chi connectivity index (χ1v) is 7.01.